The van der Waals surface area contributed by atoms with Crippen molar-refractivity contribution in [2.24, 2.45) is 5.92 Å². The van der Waals surface area contributed by atoms with Crippen LogP contribution in [0.4, 0.5) is 5.69 Å². The quantitative estimate of drug-likeness (QED) is 0.720. The molecule has 2 aromatic rings. The SMILES string of the molecule is CC1CCN(CC(=O)Nc2ccc(OCCOc3ccccc3)cc2)CC1. The minimum Gasteiger partial charge on any atom is -0.490 e. The number of benzene rings is 2. The van der Waals surface area contributed by atoms with Crippen LogP contribution in [0.2, 0.25) is 0 Å². The number of carbonyl (C=O) groups is 1. The van der Waals surface area contributed by atoms with Crippen molar-refractivity contribution in [1.29, 1.82) is 0 Å². The summed E-state index contributed by atoms with van der Waals surface area (Å²) >= 11 is 0. The van der Waals surface area contributed by atoms with Crippen LogP contribution in [-0.4, -0.2) is 43.7 Å². The Morgan fingerprint density at radius 1 is 0.963 bits per heavy atom. The lowest BCUT2D eigenvalue weighted by Crippen LogP contribution is -2.38. The largest absolute Gasteiger partial charge is 0.490 e. The summed E-state index contributed by atoms with van der Waals surface area (Å²) in [6.07, 6.45) is 2.35. The fourth-order valence-corrected chi connectivity index (χ4v) is 3.09. The third kappa shape index (κ3) is 6.61. The summed E-state index contributed by atoms with van der Waals surface area (Å²) in [6.45, 7) is 5.69. The summed E-state index contributed by atoms with van der Waals surface area (Å²) in [7, 11) is 0. The minimum atomic E-state index is 0.0366. The maximum absolute atomic E-state index is 12.2. The average molecular weight is 368 g/mol. The zero-order valence-corrected chi connectivity index (χ0v) is 15.9. The molecule has 0 aliphatic carbocycles. The Hall–Kier alpha value is -2.53. The number of nitrogens with one attached hydrogen (secondary N) is 1. The molecule has 1 N–H and O–H groups in total. The summed E-state index contributed by atoms with van der Waals surface area (Å²) in [5, 5.41) is 2.96. The first-order valence-corrected chi connectivity index (χ1v) is 9.62. The molecule has 5 nitrogen and oxygen atoms in total. The first-order valence-electron chi connectivity index (χ1n) is 9.62. The average Bonchev–Trinajstić information content (AvgIpc) is 2.69. The maximum Gasteiger partial charge on any atom is 0.238 e. The summed E-state index contributed by atoms with van der Waals surface area (Å²) < 4.78 is 11.3. The molecule has 1 aliphatic heterocycles. The number of hydrogen-bond acceptors (Lipinski definition) is 4. The van der Waals surface area contributed by atoms with Crippen LogP contribution in [0.15, 0.2) is 54.6 Å². The molecule has 1 heterocycles. The van der Waals surface area contributed by atoms with Gasteiger partial charge in [0.25, 0.3) is 0 Å². The number of rotatable bonds is 8. The molecule has 5 heteroatoms. The van der Waals surface area contributed by atoms with E-state index in [2.05, 4.69) is 17.1 Å². The van der Waals surface area contributed by atoms with Crippen molar-refractivity contribution in [2.45, 2.75) is 19.8 Å². The highest BCUT2D eigenvalue weighted by molar-refractivity contribution is 5.92. The lowest BCUT2D eigenvalue weighted by molar-refractivity contribution is -0.117. The molecule has 0 radical (unpaired) electrons. The molecule has 1 amide bonds. The first kappa shape index (κ1) is 19.2. The normalized spacial score (nSPS) is 15.3. The fraction of sp³-hybridized carbons (Fsp3) is 0.409. The highest BCUT2D eigenvalue weighted by Gasteiger charge is 2.17. The third-order valence-corrected chi connectivity index (χ3v) is 4.75. The van der Waals surface area contributed by atoms with E-state index in [1.807, 2.05) is 54.6 Å². The third-order valence-electron chi connectivity index (χ3n) is 4.75. The van der Waals surface area contributed by atoms with E-state index in [9.17, 15) is 4.79 Å². The Morgan fingerprint density at radius 2 is 1.56 bits per heavy atom. The Bertz CT molecular complexity index is 695. The molecule has 1 aliphatic rings. The minimum absolute atomic E-state index is 0.0366. The monoisotopic (exact) mass is 368 g/mol. The molecule has 0 atom stereocenters. The van der Waals surface area contributed by atoms with Crippen LogP contribution in [0.5, 0.6) is 11.5 Å². The van der Waals surface area contributed by atoms with Gasteiger partial charge in [0, 0.05) is 5.69 Å². The summed E-state index contributed by atoms with van der Waals surface area (Å²) in [6, 6.07) is 17.1. The number of hydrogen-bond donors (Lipinski definition) is 1. The molecule has 0 saturated carbocycles. The van der Waals surface area contributed by atoms with Crippen LogP contribution in [0.25, 0.3) is 0 Å². The predicted octanol–water partition coefficient (Wildman–Crippen LogP) is 3.81. The van der Waals surface area contributed by atoms with Crippen LogP contribution >= 0.6 is 0 Å². The van der Waals surface area contributed by atoms with Gasteiger partial charge in [-0.05, 0) is 68.2 Å². The molecular weight excluding hydrogens is 340 g/mol. The molecule has 0 spiro atoms. The van der Waals surface area contributed by atoms with E-state index in [0.29, 0.717) is 19.8 Å². The van der Waals surface area contributed by atoms with Gasteiger partial charge >= 0.3 is 0 Å². The molecular formula is C22H28N2O3. The molecule has 144 valence electrons. The molecule has 1 fully saturated rings. The van der Waals surface area contributed by atoms with Gasteiger partial charge in [0.05, 0.1) is 6.54 Å². The van der Waals surface area contributed by atoms with Crippen LogP contribution in [-0.2, 0) is 4.79 Å². The summed E-state index contributed by atoms with van der Waals surface area (Å²) in [5.74, 6) is 2.40. The van der Waals surface area contributed by atoms with Crippen molar-refractivity contribution in [3.05, 3.63) is 54.6 Å². The number of anilines is 1. The molecule has 1 saturated heterocycles. The van der Waals surface area contributed by atoms with Gasteiger partial charge in [-0.2, -0.15) is 0 Å². The molecule has 0 bridgehead atoms. The van der Waals surface area contributed by atoms with Gasteiger partial charge in [0.1, 0.15) is 24.7 Å². The Morgan fingerprint density at radius 3 is 2.19 bits per heavy atom. The van der Waals surface area contributed by atoms with E-state index in [4.69, 9.17) is 9.47 Å². The van der Waals surface area contributed by atoms with E-state index < -0.39 is 0 Å². The van der Waals surface area contributed by atoms with E-state index >= 15 is 0 Å². The van der Waals surface area contributed by atoms with Crippen molar-refractivity contribution in [1.82, 2.24) is 4.90 Å². The molecule has 0 unspecified atom stereocenters. The zero-order valence-electron chi connectivity index (χ0n) is 15.9. The smallest absolute Gasteiger partial charge is 0.238 e. The second-order valence-electron chi connectivity index (χ2n) is 7.04. The van der Waals surface area contributed by atoms with Gasteiger partial charge in [0.15, 0.2) is 0 Å². The van der Waals surface area contributed by atoms with E-state index in [1.54, 1.807) is 0 Å². The van der Waals surface area contributed by atoms with Crippen molar-refractivity contribution in [3.8, 4) is 11.5 Å². The Labute approximate surface area is 161 Å². The topological polar surface area (TPSA) is 50.8 Å². The van der Waals surface area contributed by atoms with Crippen molar-refractivity contribution in [2.75, 3.05) is 38.2 Å². The van der Waals surface area contributed by atoms with Gasteiger partial charge in [-0.1, -0.05) is 25.1 Å². The molecule has 2 aromatic carbocycles. The van der Waals surface area contributed by atoms with Crippen molar-refractivity contribution < 1.29 is 14.3 Å². The number of amides is 1. The van der Waals surface area contributed by atoms with E-state index in [1.165, 1.54) is 12.8 Å². The zero-order chi connectivity index (χ0) is 18.9. The van der Waals surface area contributed by atoms with E-state index in [-0.39, 0.29) is 5.91 Å². The number of nitrogens with zero attached hydrogens (tertiary/aromatic N) is 1. The highest BCUT2D eigenvalue weighted by atomic mass is 16.5. The fourth-order valence-electron chi connectivity index (χ4n) is 3.09. The number of carbonyl (C=O) groups excluding carboxylic acids is 1. The van der Waals surface area contributed by atoms with Gasteiger partial charge in [-0.25, -0.2) is 0 Å². The van der Waals surface area contributed by atoms with Gasteiger partial charge in [-0.15, -0.1) is 0 Å². The molecule has 3 rings (SSSR count). The lowest BCUT2D eigenvalue weighted by Gasteiger charge is -2.29. The van der Waals surface area contributed by atoms with Crippen LogP contribution in [0.3, 0.4) is 0 Å². The highest BCUT2D eigenvalue weighted by Crippen LogP contribution is 2.18. The first-order chi connectivity index (χ1) is 13.2. The van der Waals surface area contributed by atoms with Gasteiger partial charge < -0.3 is 14.8 Å². The Balaban J connectivity index is 1.36. The number of likely N-dealkylation sites (tertiary alicyclic amines) is 1. The second kappa shape index (κ2) is 9.97. The van der Waals surface area contributed by atoms with Crippen LogP contribution < -0.4 is 14.8 Å². The summed E-state index contributed by atoms with van der Waals surface area (Å²) in [4.78, 5) is 14.4. The van der Waals surface area contributed by atoms with Gasteiger partial charge in [0.2, 0.25) is 5.91 Å². The van der Waals surface area contributed by atoms with Crippen molar-refractivity contribution in [3.63, 3.8) is 0 Å². The van der Waals surface area contributed by atoms with Crippen LogP contribution in [0.1, 0.15) is 19.8 Å². The lowest BCUT2D eigenvalue weighted by atomic mass is 9.99. The van der Waals surface area contributed by atoms with Gasteiger partial charge in [-0.3, -0.25) is 9.69 Å². The van der Waals surface area contributed by atoms with Crippen molar-refractivity contribution >= 4 is 11.6 Å². The second-order valence-corrected chi connectivity index (χ2v) is 7.04. The summed E-state index contributed by atoms with van der Waals surface area (Å²) in [5.41, 5.74) is 0.790. The number of piperidine rings is 1. The number of ether oxygens (including phenoxy) is 2. The maximum atomic E-state index is 12.2. The van der Waals surface area contributed by atoms with Crippen LogP contribution in [0, 0.1) is 5.92 Å². The Kier molecular flexibility index (Phi) is 7.11. The predicted molar refractivity (Wildman–Crippen MR) is 107 cm³/mol. The number of para-hydroxylation sites is 1. The molecule has 0 aromatic heterocycles. The standard InChI is InChI=1S/C22H28N2O3/c1-18-11-13-24(14-12-18)17-22(25)23-19-7-9-21(10-8-19)27-16-15-26-20-5-3-2-4-6-20/h2-10,18H,11-17H2,1H3,(H,23,25). The molecule has 27 heavy (non-hydrogen) atoms. The van der Waals surface area contributed by atoms with E-state index in [0.717, 1.165) is 36.2 Å².